The van der Waals surface area contributed by atoms with Crippen molar-refractivity contribution in [3.63, 3.8) is 0 Å². The van der Waals surface area contributed by atoms with Crippen LogP contribution in [-0.2, 0) is 9.59 Å². The van der Waals surface area contributed by atoms with Crippen LogP contribution in [-0.4, -0.2) is 29.6 Å². The summed E-state index contributed by atoms with van der Waals surface area (Å²) in [5, 5.41) is 11.5. The summed E-state index contributed by atoms with van der Waals surface area (Å²) < 4.78 is 0. The summed E-state index contributed by atoms with van der Waals surface area (Å²) in [6.07, 6.45) is 3.92. The Hall–Kier alpha value is -1.10. The molecule has 1 rings (SSSR count). The molecule has 0 aromatic heterocycles. The van der Waals surface area contributed by atoms with Gasteiger partial charge in [0.05, 0.1) is 5.41 Å². The zero-order chi connectivity index (χ0) is 12.2. The fourth-order valence-corrected chi connectivity index (χ4v) is 2.23. The third kappa shape index (κ3) is 2.52. The number of hydrogen-bond acceptors (Lipinski definition) is 3. The van der Waals surface area contributed by atoms with E-state index in [0.717, 1.165) is 25.7 Å². The largest absolute Gasteiger partial charge is 0.480 e. The van der Waals surface area contributed by atoms with Gasteiger partial charge in [-0.05, 0) is 19.3 Å². The molecule has 0 spiro atoms. The number of carboxylic acids is 1. The van der Waals surface area contributed by atoms with Gasteiger partial charge in [-0.2, -0.15) is 0 Å². The summed E-state index contributed by atoms with van der Waals surface area (Å²) in [5.41, 5.74) is 5.13. The van der Waals surface area contributed by atoms with Crippen LogP contribution in [0.5, 0.6) is 0 Å². The predicted molar refractivity (Wildman–Crippen MR) is 59.8 cm³/mol. The van der Waals surface area contributed by atoms with Crippen molar-refractivity contribution >= 4 is 11.9 Å². The molecule has 1 aliphatic rings. The Labute approximate surface area is 95.4 Å². The van der Waals surface area contributed by atoms with Crippen LogP contribution in [0.3, 0.4) is 0 Å². The van der Waals surface area contributed by atoms with Crippen molar-refractivity contribution in [3.8, 4) is 0 Å². The highest BCUT2D eigenvalue weighted by Gasteiger charge is 2.40. The fraction of sp³-hybridized carbons (Fsp3) is 0.818. The maximum Gasteiger partial charge on any atom is 0.326 e. The first kappa shape index (κ1) is 13.0. The predicted octanol–water partition coefficient (Wildman–Crippen LogP) is 0.485. The lowest BCUT2D eigenvalue weighted by molar-refractivity contribution is -0.143. The van der Waals surface area contributed by atoms with Gasteiger partial charge in [0.1, 0.15) is 6.04 Å². The molecule has 0 bridgehead atoms. The molecule has 4 N–H and O–H groups in total. The summed E-state index contributed by atoms with van der Waals surface area (Å²) in [5.74, 6) is -1.18. The summed E-state index contributed by atoms with van der Waals surface area (Å²) >= 11 is 0. The van der Waals surface area contributed by atoms with Crippen LogP contribution in [0.2, 0.25) is 0 Å². The highest BCUT2D eigenvalue weighted by molar-refractivity contribution is 5.87. The Morgan fingerprint density at radius 3 is 2.38 bits per heavy atom. The van der Waals surface area contributed by atoms with Crippen molar-refractivity contribution < 1.29 is 14.7 Å². The zero-order valence-corrected chi connectivity index (χ0v) is 9.66. The van der Waals surface area contributed by atoms with Gasteiger partial charge in [0, 0.05) is 6.54 Å². The SMILES string of the molecule is CC[C@H](NC(=O)C1(CN)CCCC1)C(=O)O. The minimum absolute atomic E-state index is 0.193. The minimum Gasteiger partial charge on any atom is -0.480 e. The van der Waals surface area contributed by atoms with Gasteiger partial charge in [0.15, 0.2) is 0 Å². The average molecular weight is 228 g/mol. The Kier molecular flexibility index (Phi) is 4.29. The second-order valence-corrected chi connectivity index (χ2v) is 4.46. The van der Waals surface area contributed by atoms with E-state index in [0.29, 0.717) is 13.0 Å². The van der Waals surface area contributed by atoms with E-state index >= 15 is 0 Å². The first-order chi connectivity index (χ1) is 7.55. The Balaban J connectivity index is 2.65. The van der Waals surface area contributed by atoms with Crippen molar-refractivity contribution in [2.75, 3.05) is 6.54 Å². The van der Waals surface area contributed by atoms with Crippen LogP contribution in [0, 0.1) is 5.41 Å². The molecular formula is C11H20N2O3. The monoisotopic (exact) mass is 228 g/mol. The Bertz CT molecular complexity index is 272. The van der Waals surface area contributed by atoms with Crippen LogP contribution in [0.4, 0.5) is 0 Å². The molecule has 92 valence electrons. The zero-order valence-electron chi connectivity index (χ0n) is 9.66. The maximum atomic E-state index is 12.0. The first-order valence-corrected chi connectivity index (χ1v) is 5.79. The fourth-order valence-electron chi connectivity index (χ4n) is 2.23. The number of carbonyl (C=O) groups is 2. The first-order valence-electron chi connectivity index (χ1n) is 5.79. The summed E-state index contributed by atoms with van der Waals surface area (Å²) in [6, 6.07) is -0.795. The molecule has 0 aliphatic heterocycles. The van der Waals surface area contributed by atoms with Gasteiger partial charge in [0.25, 0.3) is 0 Å². The van der Waals surface area contributed by atoms with Gasteiger partial charge in [-0.15, -0.1) is 0 Å². The Morgan fingerprint density at radius 2 is 2.00 bits per heavy atom. The summed E-state index contributed by atoms with van der Waals surface area (Å²) in [7, 11) is 0. The van der Waals surface area contributed by atoms with Crippen molar-refractivity contribution in [1.82, 2.24) is 5.32 Å². The van der Waals surface area contributed by atoms with Gasteiger partial charge in [-0.25, -0.2) is 4.79 Å². The highest BCUT2D eigenvalue weighted by Crippen LogP contribution is 2.37. The molecule has 0 aromatic carbocycles. The third-order valence-electron chi connectivity index (χ3n) is 3.44. The van der Waals surface area contributed by atoms with E-state index in [1.165, 1.54) is 0 Å². The van der Waals surface area contributed by atoms with E-state index in [2.05, 4.69) is 5.32 Å². The molecule has 0 heterocycles. The van der Waals surface area contributed by atoms with Crippen molar-refractivity contribution in [2.45, 2.75) is 45.1 Å². The normalized spacial score (nSPS) is 20.4. The number of carboxylic acid groups (broad SMARTS) is 1. The number of nitrogens with one attached hydrogen (secondary N) is 1. The third-order valence-corrected chi connectivity index (χ3v) is 3.44. The van der Waals surface area contributed by atoms with Gasteiger partial charge in [-0.3, -0.25) is 4.79 Å². The van der Waals surface area contributed by atoms with Crippen molar-refractivity contribution in [2.24, 2.45) is 11.1 Å². The minimum atomic E-state index is -0.985. The maximum absolute atomic E-state index is 12.0. The smallest absolute Gasteiger partial charge is 0.326 e. The van der Waals surface area contributed by atoms with Gasteiger partial charge < -0.3 is 16.2 Å². The molecule has 0 radical (unpaired) electrons. The molecule has 5 nitrogen and oxygen atoms in total. The number of aliphatic carboxylic acids is 1. The van der Waals surface area contributed by atoms with Crippen molar-refractivity contribution in [1.29, 1.82) is 0 Å². The topological polar surface area (TPSA) is 92.4 Å². The number of nitrogens with two attached hydrogens (primary N) is 1. The average Bonchev–Trinajstić information content (AvgIpc) is 2.74. The molecule has 1 aliphatic carbocycles. The number of amides is 1. The quantitative estimate of drug-likeness (QED) is 0.638. The van der Waals surface area contributed by atoms with Crippen LogP contribution >= 0.6 is 0 Å². The molecule has 1 atom stereocenters. The molecule has 16 heavy (non-hydrogen) atoms. The van der Waals surface area contributed by atoms with E-state index in [1.807, 2.05) is 0 Å². The molecule has 1 fully saturated rings. The lowest BCUT2D eigenvalue weighted by Crippen LogP contribution is -2.50. The highest BCUT2D eigenvalue weighted by atomic mass is 16.4. The van der Waals surface area contributed by atoms with Crippen LogP contribution in [0.25, 0.3) is 0 Å². The van der Waals surface area contributed by atoms with Crippen molar-refractivity contribution in [3.05, 3.63) is 0 Å². The summed E-state index contributed by atoms with van der Waals surface area (Å²) in [4.78, 5) is 22.8. The van der Waals surface area contributed by atoms with E-state index in [1.54, 1.807) is 6.92 Å². The van der Waals surface area contributed by atoms with E-state index in [4.69, 9.17) is 10.8 Å². The van der Waals surface area contributed by atoms with E-state index in [-0.39, 0.29) is 5.91 Å². The summed E-state index contributed by atoms with van der Waals surface area (Å²) in [6.45, 7) is 2.04. The molecule has 1 amide bonds. The lowest BCUT2D eigenvalue weighted by atomic mass is 9.85. The van der Waals surface area contributed by atoms with Crippen LogP contribution < -0.4 is 11.1 Å². The molecular weight excluding hydrogens is 208 g/mol. The van der Waals surface area contributed by atoms with E-state index in [9.17, 15) is 9.59 Å². The van der Waals surface area contributed by atoms with Gasteiger partial charge in [0.2, 0.25) is 5.91 Å². The lowest BCUT2D eigenvalue weighted by Gasteiger charge is -2.27. The molecule has 5 heteroatoms. The van der Waals surface area contributed by atoms with Crippen LogP contribution in [0.15, 0.2) is 0 Å². The molecule has 1 saturated carbocycles. The van der Waals surface area contributed by atoms with Gasteiger partial charge in [-0.1, -0.05) is 19.8 Å². The standard InChI is InChI=1S/C11H20N2O3/c1-2-8(9(14)15)13-10(16)11(7-12)5-3-4-6-11/h8H,2-7,12H2,1H3,(H,13,16)(H,14,15)/t8-/m0/s1. The molecule has 0 saturated heterocycles. The molecule has 0 unspecified atom stereocenters. The number of hydrogen-bond donors (Lipinski definition) is 3. The molecule has 0 aromatic rings. The van der Waals surface area contributed by atoms with Crippen LogP contribution in [0.1, 0.15) is 39.0 Å². The second-order valence-electron chi connectivity index (χ2n) is 4.46. The second kappa shape index (κ2) is 5.30. The number of carbonyl (C=O) groups excluding carboxylic acids is 1. The Morgan fingerprint density at radius 1 is 1.44 bits per heavy atom. The number of rotatable bonds is 5. The van der Waals surface area contributed by atoms with E-state index < -0.39 is 17.4 Å². The van der Waals surface area contributed by atoms with Gasteiger partial charge >= 0.3 is 5.97 Å².